The smallest absolute Gasteiger partial charge is 0.0816 e. The third-order valence-electron chi connectivity index (χ3n) is 2.98. The lowest BCUT2D eigenvalue weighted by Gasteiger charge is -2.20. The molecule has 1 aromatic rings. The van der Waals surface area contributed by atoms with Crippen LogP contribution in [0.25, 0.3) is 0 Å². The van der Waals surface area contributed by atoms with Gasteiger partial charge in [-0.05, 0) is 38.4 Å². The Morgan fingerprint density at radius 3 is 2.39 bits per heavy atom. The van der Waals surface area contributed by atoms with Gasteiger partial charge in [0, 0.05) is 18.1 Å². The number of hydrogen-bond donors (Lipinski definition) is 2. The second kappa shape index (κ2) is 7.74. The lowest BCUT2D eigenvalue weighted by atomic mass is 10.1. The zero-order valence-corrected chi connectivity index (χ0v) is 11.8. The van der Waals surface area contributed by atoms with Crippen LogP contribution in [0.2, 0.25) is 5.02 Å². The highest BCUT2D eigenvalue weighted by atomic mass is 35.5. The highest BCUT2D eigenvalue weighted by molar-refractivity contribution is 6.31. The molecule has 2 unspecified atom stereocenters. The zero-order valence-electron chi connectivity index (χ0n) is 11.0. The van der Waals surface area contributed by atoms with Gasteiger partial charge in [0.1, 0.15) is 0 Å². The first kappa shape index (κ1) is 15.4. The Morgan fingerprint density at radius 2 is 1.78 bits per heavy atom. The predicted molar refractivity (Wildman–Crippen MR) is 74.8 cm³/mol. The van der Waals surface area contributed by atoms with Crippen molar-refractivity contribution in [3.63, 3.8) is 0 Å². The van der Waals surface area contributed by atoms with Gasteiger partial charge in [0.25, 0.3) is 0 Å². The third-order valence-corrected chi connectivity index (χ3v) is 3.32. The molecule has 4 heteroatoms. The van der Waals surface area contributed by atoms with E-state index in [1.165, 1.54) is 0 Å². The highest BCUT2D eigenvalue weighted by Gasteiger charge is 2.12. The molecule has 0 heterocycles. The quantitative estimate of drug-likeness (QED) is 0.801. The number of rotatable bonds is 7. The predicted octanol–water partition coefficient (Wildman–Crippen LogP) is 2.47. The van der Waals surface area contributed by atoms with Crippen molar-refractivity contribution < 1.29 is 10.2 Å². The van der Waals surface area contributed by atoms with Gasteiger partial charge in [0.2, 0.25) is 0 Å². The molecule has 0 aliphatic rings. The largest absolute Gasteiger partial charge is 0.393 e. The average Bonchev–Trinajstić information content (AvgIpc) is 2.34. The number of nitrogens with zero attached hydrogens (tertiary/aromatic N) is 1. The molecule has 102 valence electrons. The zero-order chi connectivity index (χ0) is 13.5. The minimum atomic E-state index is -0.535. The van der Waals surface area contributed by atoms with Crippen molar-refractivity contribution in [1.29, 1.82) is 0 Å². The van der Waals surface area contributed by atoms with Crippen LogP contribution in [0.15, 0.2) is 24.3 Å². The summed E-state index contributed by atoms with van der Waals surface area (Å²) in [6.45, 7) is 3.39. The van der Waals surface area contributed by atoms with E-state index in [0.717, 1.165) is 25.1 Å². The molecule has 0 aliphatic carbocycles. The summed E-state index contributed by atoms with van der Waals surface area (Å²) < 4.78 is 0. The number of halogens is 1. The molecule has 0 amide bonds. The highest BCUT2D eigenvalue weighted by Crippen LogP contribution is 2.24. The molecule has 0 bridgehead atoms. The van der Waals surface area contributed by atoms with Crippen LogP contribution in [0.5, 0.6) is 0 Å². The van der Waals surface area contributed by atoms with Crippen molar-refractivity contribution in [3.05, 3.63) is 34.9 Å². The van der Waals surface area contributed by atoms with Crippen LogP contribution in [0, 0.1) is 0 Å². The lowest BCUT2D eigenvalue weighted by Crippen LogP contribution is -2.24. The van der Waals surface area contributed by atoms with Crippen LogP contribution in [-0.2, 0) is 0 Å². The van der Waals surface area contributed by atoms with E-state index >= 15 is 0 Å². The van der Waals surface area contributed by atoms with E-state index in [2.05, 4.69) is 4.90 Å². The molecule has 18 heavy (non-hydrogen) atoms. The second-order valence-electron chi connectivity index (χ2n) is 4.77. The molecular weight excluding hydrogens is 250 g/mol. The van der Waals surface area contributed by atoms with Crippen molar-refractivity contribution in [2.24, 2.45) is 0 Å². The summed E-state index contributed by atoms with van der Waals surface area (Å²) >= 11 is 6.03. The van der Waals surface area contributed by atoms with Crippen LogP contribution in [-0.4, -0.2) is 41.4 Å². The van der Waals surface area contributed by atoms with E-state index in [0.29, 0.717) is 11.4 Å². The summed E-state index contributed by atoms with van der Waals surface area (Å²) in [4.78, 5) is 2.10. The molecule has 1 aromatic carbocycles. The first-order valence-corrected chi connectivity index (χ1v) is 6.67. The Hall–Kier alpha value is -0.610. The molecule has 0 aliphatic heterocycles. The molecule has 0 radical (unpaired) electrons. The van der Waals surface area contributed by atoms with Gasteiger partial charge in [-0.15, -0.1) is 0 Å². The minimum absolute atomic E-state index is 0.277. The number of aliphatic hydroxyl groups excluding tert-OH is 2. The fourth-order valence-electron chi connectivity index (χ4n) is 1.76. The summed E-state index contributed by atoms with van der Waals surface area (Å²) in [5.74, 6) is 0. The third kappa shape index (κ3) is 5.36. The second-order valence-corrected chi connectivity index (χ2v) is 5.17. The Morgan fingerprint density at radius 1 is 1.17 bits per heavy atom. The average molecular weight is 272 g/mol. The normalized spacial score (nSPS) is 14.8. The summed E-state index contributed by atoms with van der Waals surface area (Å²) in [7, 11) is 1.99. The maximum absolute atomic E-state index is 10.1. The Kier molecular flexibility index (Phi) is 6.65. The van der Waals surface area contributed by atoms with Crippen LogP contribution < -0.4 is 0 Å². The van der Waals surface area contributed by atoms with Gasteiger partial charge in [-0.3, -0.25) is 0 Å². The Labute approximate surface area is 114 Å². The van der Waals surface area contributed by atoms with Gasteiger partial charge >= 0.3 is 0 Å². The number of hydrogen-bond acceptors (Lipinski definition) is 3. The van der Waals surface area contributed by atoms with Crippen LogP contribution in [0.3, 0.4) is 0 Å². The molecule has 3 nitrogen and oxygen atoms in total. The van der Waals surface area contributed by atoms with E-state index in [1.807, 2.05) is 25.2 Å². The topological polar surface area (TPSA) is 43.7 Å². The van der Waals surface area contributed by atoms with Crippen LogP contribution in [0.4, 0.5) is 0 Å². The van der Waals surface area contributed by atoms with Gasteiger partial charge in [-0.1, -0.05) is 29.8 Å². The number of aliphatic hydroxyl groups is 2. The summed E-state index contributed by atoms with van der Waals surface area (Å²) in [6.07, 6.45) is 0.576. The van der Waals surface area contributed by atoms with Gasteiger partial charge in [-0.25, -0.2) is 0 Å². The fraction of sp³-hybridized carbons (Fsp3) is 0.571. The standard InChI is InChI=1S/C14H22ClNO2/c1-11(17)7-9-16(2)10-8-14(18)12-5-3-4-6-13(12)15/h3-6,11,14,17-18H,7-10H2,1-2H3. The van der Waals surface area contributed by atoms with Crippen molar-refractivity contribution in [3.8, 4) is 0 Å². The summed E-state index contributed by atoms with van der Waals surface area (Å²) in [5.41, 5.74) is 0.781. The maximum Gasteiger partial charge on any atom is 0.0816 e. The molecule has 1 rings (SSSR count). The molecule has 0 saturated heterocycles. The van der Waals surface area contributed by atoms with Crippen molar-refractivity contribution >= 4 is 11.6 Å². The Bertz CT molecular complexity index is 357. The molecule has 0 aromatic heterocycles. The van der Waals surface area contributed by atoms with Crippen LogP contribution in [0.1, 0.15) is 31.4 Å². The monoisotopic (exact) mass is 271 g/mol. The lowest BCUT2D eigenvalue weighted by molar-refractivity contribution is 0.136. The summed E-state index contributed by atoms with van der Waals surface area (Å²) in [6, 6.07) is 7.37. The van der Waals surface area contributed by atoms with Gasteiger partial charge < -0.3 is 15.1 Å². The molecular formula is C14H22ClNO2. The van der Waals surface area contributed by atoms with E-state index < -0.39 is 6.10 Å². The minimum Gasteiger partial charge on any atom is -0.393 e. The SMILES string of the molecule is CC(O)CCN(C)CCC(O)c1ccccc1Cl. The van der Waals surface area contributed by atoms with E-state index in [9.17, 15) is 10.2 Å². The van der Waals surface area contributed by atoms with Crippen molar-refractivity contribution in [1.82, 2.24) is 4.90 Å². The number of benzene rings is 1. The molecule has 0 fully saturated rings. The first-order chi connectivity index (χ1) is 8.50. The van der Waals surface area contributed by atoms with E-state index in [-0.39, 0.29) is 6.10 Å². The van der Waals surface area contributed by atoms with Gasteiger partial charge in [-0.2, -0.15) is 0 Å². The van der Waals surface area contributed by atoms with Gasteiger partial charge in [0.15, 0.2) is 0 Å². The summed E-state index contributed by atoms with van der Waals surface area (Å²) in [5, 5.41) is 19.9. The van der Waals surface area contributed by atoms with Gasteiger partial charge in [0.05, 0.1) is 12.2 Å². The fourth-order valence-corrected chi connectivity index (χ4v) is 2.02. The van der Waals surface area contributed by atoms with E-state index in [4.69, 9.17) is 11.6 Å². The van der Waals surface area contributed by atoms with Crippen molar-refractivity contribution in [2.75, 3.05) is 20.1 Å². The first-order valence-electron chi connectivity index (χ1n) is 6.29. The maximum atomic E-state index is 10.1. The molecule has 0 spiro atoms. The molecule has 0 saturated carbocycles. The van der Waals surface area contributed by atoms with Crippen molar-refractivity contribution in [2.45, 2.75) is 32.0 Å². The van der Waals surface area contributed by atoms with Crippen LogP contribution >= 0.6 is 11.6 Å². The Balaban J connectivity index is 2.37. The van der Waals surface area contributed by atoms with E-state index in [1.54, 1.807) is 13.0 Å². The molecule has 2 atom stereocenters. The molecule has 2 N–H and O–H groups in total.